The number of nitrogens with one attached hydrogen (secondary N) is 1. The molecule has 1 N–H and O–H groups in total. The Morgan fingerprint density at radius 3 is 1.89 bits per heavy atom. The van der Waals surface area contributed by atoms with Gasteiger partial charge in [-0.25, -0.2) is 9.78 Å². The van der Waals surface area contributed by atoms with E-state index in [1.54, 1.807) is 24.3 Å². The first kappa shape index (κ1) is 31.4. The van der Waals surface area contributed by atoms with E-state index in [9.17, 15) is 9.59 Å². The Morgan fingerprint density at radius 1 is 0.822 bits per heavy atom. The molecule has 0 saturated heterocycles. The van der Waals surface area contributed by atoms with E-state index in [0.29, 0.717) is 16.0 Å². The van der Waals surface area contributed by atoms with Crippen LogP contribution in [0.15, 0.2) is 66.7 Å². The summed E-state index contributed by atoms with van der Waals surface area (Å²) in [5.74, 6) is 1.12. The Bertz CT molecular complexity index is 1650. The number of amides is 1. The van der Waals surface area contributed by atoms with Crippen molar-refractivity contribution >= 4 is 46.3 Å². The van der Waals surface area contributed by atoms with Crippen LogP contribution in [0.2, 0.25) is 10.0 Å². The van der Waals surface area contributed by atoms with E-state index in [1.165, 1.54) is 7.11 Å². The van der Waals surface area contributed by atoms with Gasteiger partial charge in [0.25, 0.3) is 0 Å². The van der Waals surface area contributed by atoms with Crippen molar-refractivity contribution in [3.8, 4) is 0 Å². The number of benzene rings is 3. The van der Waals surface area contributed by atoms with Gasteiger partial charge in [0.05, 0.1) is 18.1 Å². The highest BCUT2D eigenvalue weighted by atomic mass is 35.5. The molecule has 2 saturated carbocycles. The van der Waals surface area contributed by atoms with Crippen LogP contribution in [0.5, 0.6) is 0 Å². The van der Waals surface area contributed by atoms with E-state index in [-0.39, 0.29) is 18.2 Å². The highest BCUT2D eigenvalue weighted by Gasteiger charge is 2.46. The lowest BCUT2D eigenvalue weighted by Crippen LogP contribution is -2.41. The minimum absolute atomic E-state index is 0.0626. The molecule has 2 fully saturated rings. The van der Waals surface area contributed by atoms with Gasteiger partial charge in [-0.1, -0.05) is 53.5 Å². The van der Waals surface area contributed by atoms with Gasteiger partial charge in [0.15, 0.2) is 0 Å². The maximum Gasteiger partial charge on any atom is 0.407 e. The molecule has 0 radical (unpaired) electrons. The Labute approximate surface area is 274 Å². The number of hydrogen-bond donors (Lipinski definition) is 1. The monoisotopic (exact) mass is 647 g/mol. The summed E-state index contributed by atoms with van der Waals surface area (Å²) in [5.41, 5.74) is 2.34. The summed E-state index contributed by atoms with van der Waals surface area (Å²) in [6.45, 7) is 5.61. The van der Waals surface area contributed by atoms with E-state index in [2.05, 4.69) is 16.0 Å². The van der Waals surface area contributed by atoms with Crippen LogP contribution in [0.3, 0.4) is 0 Å². The summed E-state index contributed by atoms with van der Waals surface area (Å²) < 4.78 is 13.5. The zero-order valence-electron chi connectivity index (χ0n) is 26.1. The van der Waals surface area contributed by atoms with E-state index in [4.69, 9.17) is 37.7 Å². The van der Waals surface area contributed by atoms with Crippen LogP contribution in [0.25, 0.3) is 11.0 Å². The van der Waals surface area contributed by atoms with Crippen LogP contribution < -0.4 is 5.32 Å². The number of methoxy groups -OCH3 is 1. The topological polar surface area (TPSA) is 82.5 Å². The third kappa shape index (κ3) is 6.30. The number of imidazole rings is 1. The molecule has 1 heterocycles. The van der Waals surface area contributed by atoms with Crippen molar-refractivity contribution in [3.63, 3.8) is 0 Å². The molecule has 4 aromatic rings. The number of halogens is 2. The van der Waals surface area contributed by atoms with Gasteiger partial charge in [-0.05, 0) is 112 Å². The maximum atomic E-state index is 14.1. The van der Waals surface area contributed by atoms with E-state index >= 15 is 0 Å². The van der Waals surface area contributed by atoms with Crippen LogP contribution in [0.4, 0.5) is 4.79 Å². The molecule has 0 aliphatic heterocycles. The van der Waals surface area contributed by atoms with Crippen molar-refractivity contribution in [3.05, 3.63) is 99.3 Å². The number of rotatable bonds is 7. The normalized spacial score (nSPS) is 18.9. The predicted octanol–water partition coefficient (Wildman–Crippen LogP) is 8.74. The molecule has 2 aliphatic rings. The zero-order valence-corrected chi connectivity index (χ0v) is 27.6. The van der Waals surface area contributed by atoms with Crippen molar-refractivity contribution in [2.45, 2.75) is 88.3 Å². The summed E-state index contributed by atoms with van der Waals surface area (Å²) in [6, 6.07) is 21.1. The van der Waals surface area contributed by atoms with Gasteiger partial charge >= 0.3 is 12.1 Å². The Balaban J connectivity index is 1.43. The van der Waals surface area contributed by atoms with Crippen LogP contribution in [-0.2, 0) is 19.7 Å². The van der Waals surface area contributed by atoms with E-state index < -0.39 is 17.0 Å². The SMILES string of the molecule is COC(=O)C(c1ccc(Cl)cc1)(c1ccc(Cl)cc1)c1ccc2nc(C3CC3)n([C@H]3CC[C@@H](NC(=O)OC(C)(C)C)CC3)c2c1. The first-order valence-electron chi connectivity index (χ1n) is 15.6. The minimum atomic E-state index is -1.28. The van der Waals surface area contributed by atoms with Gasteiger partial charge in [-0.15, -0.1) is 0 Å². The van der Waals surface area contributed by atoms with Crippen LogP contribution in [0, 0.1) is 0 Å². The summed E-state index contributed by atoms with van der Waals surface area (Å²) in [7, 11) is 1.42. The van der Waals surface area contributed by atoms with Gasteiger partial charge in [-0.3, -0.25) is 4.79 Å². The third-order valence-electron chi connectivity index (χ3n) is 8.92. The highest BCUT2D eigenvalue weighted by molar-refractivity contribution is 6.30. The van der Waals surface area contributed by atoms with Gasteiger partial charge in [-0.2, -0.15) is 0 Å². The Kier molecular flexibility index (Phi) is 8.61. The van der Waals surface area contributed by atoms with Crippen molar-refractivity contribution in [2.75, 3.05) is 7.11 Å². The third-order valence-corrected chi connectivity index (χ3v) is 9.42. The summed E-state index contributed by atoms with van der Waals surface area (Å²) in [6.07, 6.45) is 5.34. The molecule has 236 valence electrons. The minimum Gasteiger partial charge on any atom is -0.468 e. The standard InChI is InChI=1S/C36H39Cl2N3O4/c1-35(2,3)45-34(43)39-28-16-18-29(19-17-28)41-31-21-25(11-20-30(31)40-32(41)22-5-6-22)36(33(42)44-4,23-7-12-26(37)13-8-23)24-9-14-27(38)15-10-24/h7-15,20-22,28-29H,5-6,16-19H2,1-4H3,(H,39,43)/t28-,29+. The number of aromatic nitrogens is 2. The molecule has 0 spiro atoms. The number of carbonyl (C=O) groups is 2. The fourth-order valence-electron chi connectivity index (χ4n) is 6.72. The molecular weight excluding hydrogens is 609 g/mol. The lowest BCUT2D eigenvalue weighted by Gasteiger charge is -2.34. The molecule has 7 nitrogen and oxygen atoms in total. The molecule has 3 aromatic carbocycles. The Morgan fingerprint density at radius 2 is 1.38 bits per heavy atom. The highest BCUT2D eigenvalue weighted by Crippen LogP contribution is 2.46. The summed E-state index contributed by atoms with van der Waals surface area (Å²) >= 11 is 12.6. The lowest BCUT2D eigenvalue weighted by molar-refractivity contribution is -0.144. The molecule has 6 rings (SSSR count). The first-order valence-corrected chi connectivity index (χ1v) is 16.4. The predicted molar refractivity (Wildman–Crippen MR) is 177 cm³/mol. The van der Waals surface area contributed by atoms with Gasteiger partial charge in [0, 0.05) is 28.0 Å². The average molecular weight is 649 g/mol. The van der Waals surface area contributed by atoms with Crippen molar-refractivity contribution < 1.29 is 19.1 Å². The number of carbonyl (C=O) groups excluding carboxylic acids is 2. The molecular formula is C36H39Cl2N3O4. The molecule has 0 bridgehead atoms. The van der Waals surface area contributed by atoms with E-state index in [1.807, 2.05) is 57.2 Å². The number of nitrogens with zero attached hydrogens (tertiary/aromatic N) is 2. The van der Waals surface area contributed by atoms with Crippen molar-refractivity contribution in [2.24, 2.45) is 0 Å². The quantitative estimate of drug-likeness (QED) is 0.160. The molecule has 1 amide bonds. The summed E-state index contributed by atoms with van der Waals surface area (Å²) in [5, 5.41) is 4.22. The number of fused-ring (bicyclic) bond motifs is 1. The fraction of sp³-hybridized carbons (Fsp3) is 0.417. The number of esters is 1. The smallest absolute Gasteiger partial charge is 0.407 e. The first-order chi connectivity index (χ1) is 21.5. The summed E-state index contributed by atoms with van der Waals surface area (Å²) in [4.78, 5) is 31.7. The van der Waals surface area contributed by atoms with Crippen LogP contribution in [0.1, 0.15) is 93.8 Å². The molecule has 2 aliphatic carbocycles. The number of hydrogen-bond acceptors (Lipinski definition) is 5. The van der Waals surface area contributed by atoms with Crippen molar-refractivity contribution in [1.29, 1.82) is 0 Å². The van der Waals surface area contributed by atoms with Gasteiger partial charge in [0.2, 0.25) is 0 Å². The number of alkyl carbamates (subject to hydrolysis) is 1. The largest absolute Gasteiger partial charge is 0.468 e. The van der Waals surface area contributed by atoms with Crippen LogP contribution in [-0.4, -0.2) is 40.4 Å². The second-order valence-corrected chi connectivity index (χ2v) is 14.1. The second-order valence-electron chi connectivity index (χ2n) is 13.2. The lowest BCUT2D eigenvalue weighted by atomic mass is 9.69. The van der Waals surface area contributed by atoms with E-state index in [0.717, 1.165) is 72.1 Å². The van der Waals surface area contributed by atoms with Gasteiger partial charge in [0.1, 0.15) is 16.8 Å². The molecule has 0 atom stereocenters. The molecule has 1 aromatic heterocycles. The molecule has 45 heavy (non-hydrogen) atoms. The fourth-order valence-corrected chi connectivity index (χ4v) is 6.97. The zero-order chi connectivity index (χ0) is 31.9. The molecule has 9 heteroatoms. The van der Waals surface area contributed by atoms with Crippen molar-refractivity contribution in [1.82, 2.24) is 14.9 Å². The van der Waals surface area contributed by atoms with Gasteiger partial charge < -0.3 is 19.4 Å². The average Bonchev–Trinajstić information content (AvgIpc) is 3.78. The van der Waals surface area contributed by atoms with Crippen LogP contribution >= 0.6 is 23.2 Å². The number of ether oxygens (including phenoxy) is 2. The Hall–Kier alpha value is -3.55. The maximum absolute atomic E-state index is 14.1. The second kappa shape index (κ2) is 12.3. The molecule has 0 unspecified atom stereocenters.